The average molecular weight is 261 g/mol. The van der Waals surface area contributed by atoms with Crippen LogP contribution in [0.25, 0.3) is 0 Å². The van der Waals surface area contributed by atoms with Crippen molar-refractivity contribution in [2.75, 3.05) is 7.11 Å². The fraction of sp³-hybridized carbons (Fsp3) is 0.267. The van der Waals surface area contributed by atoms with Crippen molar-refractivity contribution in [1.82, 2.24) is 4.98 Å². The summed E-state index contributed by atoms with van der Waals surface area (Å²) >= 11 is 0. The largest absolute Gasteiger partial charge is 0.481 e. The molecule has 4 nitrogen and oxygen atoms in total. The first-order chi connectivity index (χ1) is 9.31. The van der Waals surface area contributed by atoms with E-state index in [-0.39, 0.29) is 6.61 Å². The van der Waals surface area contributed by atoms with Crippen LogP contribution in [-0.2, 0) is 6.61 Å². The highest BCUT2D eigenvalue weighted by molar-refractivity contribution is 5.34. The minimum atomic E-state index is -0.00311. The summed E-state index contributed by atoms with van der Waals surface area (Å²) in [6, 6.07) is 10.7. The van der Waals surface area contributed by atoms with E-state index >= 15 is 0 Å². The second kappa shape index (κ2) is 8.11. The topological polar surface area (TPSA) is 51.6 Å². The van der Waals surface area contributed by atoms with Gasteiger partial charge in [0.1, 0.15) is 11.5 Å². The Labute approximate surface area is 113 Å². The smallest absolute Gasteiger partial charge is 0.216 e. The Bertz CT molecular complexity index is 455. The van der Waals surface area contributed by atoms with Crippen molar-refractivity contribution >= 4 is 0 Å². The third-order valence-corrected chi connectivity index (χ3v) is 2.23. The minimum Gasteiger partial charge on any atom is -0.481 e. The van der Waals surface area contributed by atoms with Crippen LogP contribution < -0.4 is 9.47 Å². The van der Waals surface area contributed by atoms with Gasteiger partial charge in [-0.2, -0.15) is 0 Å². The van der Waals surface area contributed by atoms with Crippen molar-refractivity contribution < 1.29 is 14.6 Å². The second-order valence-electron chi connectivity index (χ2n) is 3.44. The molecule has 102 valence electrons. The lowest BCUT2D eigenvalue weighted by molar-refractivity contribution is 0.281. The lowest BCUT2D eigenvalue weighted by Gasteiger charge is -2.07. The Morgan fingerprint density at radius 2 is 1.84 bits per heavy atom. The zero-order chi connectivity index (χ0) is 14.1. The summed E-state index contributed by atoms with van der Waals surface area (Å²) in [5.74, 6) is 1.82. The maximum Gasteiger partial charge on any atom is 0.216 e. The number of hydrogen-bond donors (Lipinski definition) is 1. The number of nitrogens with zero attached hydrogens (tertiary/aromatic N) is 1. The molecule has 0 saturated heterocycles. The number of benzene rings is 1. The molecule has 2 rings (SSSR count). The molecule has 1 aromatic carbocycles. The Kier molecular flexibility index (Phi) is 6.39. The maximum absolute atomic E-state index is 9.02. The Balaban J connectivity index is 0.000000861. The van der Waals surface area contributed by atoms with Gasteiger partial charge in [-0.05, 0) is 23.8 Å². The van der Waals surface area contributed by atoms with Gasteiger partial charge in [0, 0.05) is 12.3 Å². The number of aliphatic hydroxyl groups is 1. The van der Waals surface area contributed by atoms with Crippen molar-refractivity contribution in [3.8, 4) is 17.4 Å². The highest BCUT2D eigenvalue weighted by Crippen LogP contribution is 2.24. The SMILES string of the molecule is CC.COc1cc(Oc2cccc(CO)c2)ccn1. The molecule has 0 bridgehead atoms. The lowest BCUT2D eigenvalue weighted by Crippen LogP contribution is -1.90. The summed E-state index contributed by atoms with van der Waals surface area (Å²) in [4.78, 5) is 3.99. The fourth-order valence-electron chi connectivity index (χ4n) is 1.41. The number of pyridine rings is 1. The molecular weight excluding hydrogens is 242 g/mol. The van der Waals surface area contributed by atoms with E-state index in [1.165, 1.54) is 0 Å². The molecule has 0 aliphatic heterocycles. The van der Waals surface area contributed by atoms with E-state index in [1.54, 1.807) is 31.5 Å². The predicted octanol–water partition coefficient (Wildman–Crippen LogP) is 3.40. The monoisotopic (exact) mass is 261 g/mol. The molecule has 0 amide bonds. The lowest BCUT2D eigenvalue weighted by atomic mass is 10.2. The summed E-state index contributed by atoms with van der Waals surface area (Å²) in [6.45, 7) is 4.00. The molecule has 0 aliphatic carbocycles. The molecule has 4 heteroatoms. The van der Waals surface area contributed by atoms with E-state index < -0.39 is 0 Å². The number of rotatable bonds is 4. The molecule has 1 heterocycles. The van der Waals surface area contributed by atoms with Gasteiger partial charge in [-0.1, -0.05) is 26.0 Å². The minimum absolute atomic E-state index is 0.00311. The van der Waals surface area contributed by atoms with Gasteiger partial charge in [-0.25, -0.2) is 4.98 Å². The Morgan fingerprint density at radius 1 is 1.11 bits per heavy atom. The highest BCUT2D eigenvalue weighted by atomic mass is 16.5. The van der Waals surface area contributed by atoms with E-state index in [2.05, 4.69) is 4.98 Å². The maximum atomic E-state index is 9.02. The van der Waals surface area contributed by atoms with E-state index in [9.17, 15) is 0 Å². The van der Waals surface area contributed by atoms with E-state index in [0.717, 1.165) is 5.56 Å². The van der Waals surface area contributed by atoms with Gasteiger partial charge in [0.25, 0.3) is 0 Å². The zero-order valence-electron chi connectivity index (χ0n) is 11.5. The van der Waals surface area contributed by atoms with E-state index in [1.807, 2.05) is 32.0 Å². The molecule has 0 unspecified atom stereocenters. The van der Waals surface area contributed by atoms with Gasteiger partial charge in [-0.15, -0.1) is 0 Å². The Hall–Kier alpha value is -2.07. The normalized spacial score (nSPS) is 9.26. The standard InChI is InChI=1S/C13H13NO3.C2H6/c1-16-13-8-12(5-6-14-13)17-11-4-2-3-10(7-11)9-15;1-2/h2-8,15H,9H2,1H3;1-2H3. The van der Waals surface area contributed by atoms with Gasteiger partial charge in [-0.3, -0.25) is 0 Å². The average Bonchev–Trinajstić information content (AvgIpc) is 2.49. The number of methoxy groups -OCH3 is 1. The summed E-state index contributed by atoms with van der Waals surface area (Å²) in [7, 11) is 1.55. The summed E-state index contributed by atoms with van der Waals surface area (Å²) in [5, 5.41) is 9.02. The molecule has 0 saturated carbocycles. The van der Waals surface area contributed by atoms with Crippen molar-refractivity contribution in [3.05, 3.63) is 48.2 Å². The van der Waals surface area contributed by atoms with E-state index in [4.69, 9.17) is 14.6 Å². The van der Waals surface area contributed by atoms with Crippen LogP contribution in [0.3, 0.4) is 0 Å². The van der Waals surface area contributed by atoms with Crippen molar-refractivity contribution in [3.63, 3.8) is 0 Å². The molecule has 19 heavy (non-hydrogen) atoms. The quantitative estimate of drug-likeness (QED) is 0.916. The first kappa shape index (κ1) is 15.0. The molecule has 0 spiro atoms. The van der Waals surface area contributed by atoms with Crippen molar-refractivity contribution in [2.45, 2.75) is 20.5 Å². The molecule has 0 aliphatic rings. The zero-order valence-corrected chi connectivity index (χ0v) is 11.5. The molecular formula is C15H19NO3. The van der Waals surface area contributed by atoms with Crippen LogP contribution >= 0.6 is 0 Å². The highest BCUT2D eigenvalue weighted by Gasteiger charge is 2.00. The molecule has 0 atom stereocenters. The first-order valence-electron chi connectivity index (χ1n) is 6.19. The summed E-state index contributed by atoms with van der Waals surface area (Å²) in [6.07, 6.45) is 1.62. The molecule has 1 N–H and O–H groups in total. The fourth-order valence-corrected chi connectivity index (χ4v) is 1.41. The van der Waals surface area contributed by atoms with Gasteiger partial charge < -0.3 is 14.6 Å². The van der Waals surface area contributed by atoms with E-state index in [0.29, 0.717) is 17.4 Å². The van der Waals surface area contributed by atoms with Gasteiger partial charge in [0.2, 0.25) is 5.88 Å². The van der Waals surface area contributed by atoms with Crippen LogP contribution in [0.4, 0.5) is 0 Å². The molecule has 2 aromatic rings. The second-order valence-corrected chi connectivity index (χ2v) is 3.44. The third kappa shape index (κ3) is 4.60. The molecule has 0 radical (unpaired) electrons. The van der Waals surface area contributed by atoms with Crippen molar-refractivity contribution in [1.29, 1.82) is 0 Å². The van der Waals surface area contributed by atoms with Crippen LogP contribution in [-0.4, -0.2) is 17.2 Å². The molecule has 0 fully saturated rings. The third-order valence-electron chi connectivity index (χ3n) is 2.23. The van der Waals surface area contributed by atoms with Crippen LogP contribution in [0.1, 0.15) is 19.4 Å². The van der Waals surface area contributed by atoms with Gasteiger partial charge in [0.05, 0.1) is 13.7 Å². The number of hydrogen-bond acceptors (Lipinski definition) is 4. The molecule has 1 aromatic heterocycles. The number of aromatic nitrogens is 1. The number of ether oxygens (including phenoxy) is 2. The predicted molar refractivity (Wildman–Crippen MR) is 74.6 cm³/mol. The van der Waals surface area contributed by atoms with Gasteiger partial charge in [0.15, 0.2) is 0 Å². The van der Waals surface area contributed by atoms with Gasteiger partial charge >= 0.3 is 0 Å². The Morgan fingerprint density at radius 3 is 2.53 bits per heavy atom. The first-order valence-corrected chi connectivity index (χ1v) is 6.19. The van der Waals surface area contributed by atoms with Crippen LogP contribution in [0.5, 0.6) is 17.4 Å². The van der Waals surface area contributed by atoms with Crippen LogP contribution in [0.2, 0.25) is 0 Å². The number of aliphatic hydroxyl groups excluding tert-OH is 1. The summed E-state index contributed by atoms with van der Waals surface area (Å²) in [5.41, 5.74) is 0.809. The summed E-state index contributed by atoms with van der Waals surface area (Å²) < 4.78 is 10.6. The van der Waals surface area contributed by atoms with Crippen LogP contribution in [0, 0.1) is 0 Å². The van der Waals surface area contributed by atoms with Crippen LogP contribution in [0.15, 0.2) is 42.6 Å². The van der Waals surface area contributed by atoms with Crippen molar-refractivity contribution in [2.24, 2.45) is 0 Å².